The molecule has 1 N–H and O–H groups in total. The first-order valence-electron chi connectivity index (χ1n) is 7.32. The van der Waals surface area contributed by atoms with E-state index in [-0.39, 0.29) is 29.0 Å². The topological polar surface area (TPSA) is 75.4 Å². The van der Waals surface area contributed by atoms with Gasteiger partial charge in [0.25, 0.3) is 5.91 Å². The lowest BCUT2D eigenvalue weighted by atomic mass is 9.96. The quantitative estimate of drug-likeness (QED) is 0.915. The number of aryl methyl sites for hydroxylation is 1. The molecule has 2 rings (SSSR count). The first-order valence-corrected chi connectivity index (χ1v) is 7.32. The summed E-state index contributed by atoms with van der Waals surface area (Å²) in [7, 11) is 0. The van der Waals surface area contributed by atoms with Crippen LogP contribution in [-0.2, 0) is 11.2 Å². The van der Waals surface area contributed by atoms with E-state index >= 15 is 0 Å². The van der Waals surface area contributed by atoms with Crippen molar-refractivity contribution in [2.24, 2.45) is 5.41 Å². The van der Waals surface area contributed by atoms with Crippen LogP contribution >= 0.6 is 0 Å². The van der Waals surface area contributed by atoms with Gasteiger partial charge in [0.05, 0.1) is 11.7 Å². The maximum absolute atomic E-state index is 12.1. The van der Waals surface area contributed by atoms with Crippen molar-refractivity contribution in [3.63, 3.8) is 0 Å². The van der Waals surface area contributed by atoms with Crippen molar-refractivity contribution in [3.8, 4) is 0 Å². The van der Waals surface area contributed by atoms with Crippen molar-refractivity contribution in [2.45, 2.75) is 46.6 Å². The minimum atomic E-state index is -0.308. The average molecular weight is 293 g/mol. The van der Waals surface area contributed by atoms with E-state index < -0.39 is 0 Å². The van der Waals surface area contributed by atoms with Gasteiger partial charge in [-0.25, -0.2) is 0 Å². The first-order chi connectivity index (χ1) is 9.78. The minimum absolute atomic E-state index is 0.0511. The molecule has 0 saturated carbocycles. The van der Waals surface area contributed by atoms with Gasteiger partial charge in [-0.2, -0.15) is 0 Å². The molecule has 2 heterocycles. The van der Waals surface area contributed by atoms with E-state index in [2.05, 4.69) is 31.2 Å². The van der Waals surface area contributed by atoms with Crippen LogP contribution in [0.15, 0.2) is 10.6 Å². The second-order valence-corrected chi connectivity index (χ2v) is 6.75. The molecule has 2 amide bonds. The van der Waals surface area contributed by atoms with Gasteiger partial charge in [-0.05, 0) is 11.8 Å². The molecule has 0 bridgehead atoms. The molecule has 1 aliphatic rings. The van der Waals surface area contributed by atoms with Gasteiger partial charge < -0.3 is 14.7 Å². The Morgan fingerprint density at radius 3 is 2.81 bits per heavy atom. The van der Waals surface area contributed by atoms with Crippen molar-refractivity contribution in [1.29, 1.82) is 0 Å². The molecule has 0 radical (unpaired) electrons. The number of aromatic nitrogens is 1. The van der Waals surface area contributed by atoms with Crippen LogP contribution in [0.1, 0.15) is 50.4 Å². The van der Waals surface area contributed by atoms with Gasteiger partial charge in [0.15, 0.2) is 0 Å². The lowest BCUT2D eigenvalue weighted by molar-refractivity contribution is -0.128. The summed E-state index contributed by atoms with van der Waals surface area (Å²) in [5.74, 6) is -0.0202. The van der Waals surface area contributed by atoms with Crippen LogP contribution in [0.4, 0.5) is 0 Å². The van der Waals surface area contributed by atoms with Crippen molar-refractivity contribution in [1.82, 2.24) is 15.4 Å². The molecule has 1 aliphatic heterocycles. The van der Waals surface area contributed by atoms with Crippen LogP contribution in [0.3, 0.4) is 0 Å². The molecule has 0 aromatic carbocycles. The highest BCUT2D eigenvalue weighted by Gasteiger charge is 2.33. The second-order valence-electron chi connectivity index (χ2n) is 6.75. The average Bonchev–Trinajstić information content (AvgIpc) is 2.95. The lowest BCUT2D eigenvalue weighted by Gasteiger charge is -2.26. The van der Waals surface area contributed by atoms with Gasteiger partial charge in [0.2, 0.25) is 11.7 Å². The molecule has 6 nitrogen and oxygen atoms in total. The zero-order valence-electron chi connectivity index (χ0n) is 13.1. The molecular formula is C15H23N3O3. The fourth-order valence-electron chi connectivity index (χ4n) is 2.44. The van der Waals surface area contributed by atoms with Gasteiger partial charge in [-0.1, -0.05) is 32.9 Å². The molecular weight excluding hydrogens is 270 g/mol. The van der Waals surface area contributed by atoms with E-state index in [1.54, 1.807) is 6.07 Å². The van der Waals surface area contributed by atoms with Crippen LogP contribution < -0.4 is 5.32 Å². The van der Waals surface area contributed by atoms with Gasteiger partial charge in [0, 0.05) is 25.6 Å². The molecule has 1 fully saturated rings. The lowest BCUT2D eigenvalue weighted by Crippen LogP contribution is -2.39. The van der Waals surface area contributed by atoms with Gasteiger partial charge in [-0.3, -0.25) is 9.59 Å². The van der Waals surface area contributed by atoms with E-state index in [0.717, 1.165) is 12.1 Å². The number of nitrogens with zero attached hydrogens (tertiary/aromatic N) is 2. The van der Waals surface area contributed by atoms with Crippen molar-refractivity contribution in [3.05, 3.63) is 17.5 Å². The summed E-state index contributed by atoms with van der Waals surface area (Å²) in [4.78, 5) is 25.8. The van der Waals surface area contributed by atoms with Crippen LogP contribution in [-0.4, -0.2) is 41.0 Å². The summed E-state index contributed by atoms with van der Waals surface area (Å²) in [5, 5.41) is 6.64. The summed E-state index contributed by atoms with van der Waals surface area (Å²) in [6, 6.07) is 1.47. The molecule has 116 valence electrons. The van der Waals surface area contributed by atoms with Crippen molar-refractivity contribution in [2.75, 3.05) is 13.1 Å². The monoisotopic (exact) mass is 293 g/mol. The third kappa shape index (κ3) is 4.06. The highest BCUT2D eigenvalue weighted by Crippen LogP contribution is 2.20. The van der Waals surface area contributed by atoms with Gasteiger partial charge in [-0.15, -0.1) is 0 Å². The Morgan fingerprint density at radius 1 is 1.52 bits per heavy atom. The molecule has 1 atom stereocenters. The van der Waals surface area contributed by atoms with Crippen LogP contribution in [0.5, 0.6) is 0 Å². The van der Waals surface area contributed by atoms with E-state index in [1.807, 2.05) is 11.8 Å². The number of rotatable bonds is 4. The fraction of sp³-hybridized carbons (Fsp3) is 0.667. The molecule has 1 saturated heterocycles. The Morgan fingerprint density at radius 2 is 2.24 bits per heavy atom. The number of nitrogens with one attached hydrogen (secondary N) is 1. The van der Waals surface area contributed by atoms with Crippen LogP contribution in [0.25, 0.3) is 0 Å². The largest absolute Gasteiger partial charge is 0.351 e. The van der Waals surface area contributed by atoms with E-state index in [1.165, 1.54) is 0 Å². The zero-order valence-corrected chi connectivity index (χ0v) is 13.1. The third-order valence-corrected chi connectivity index (χ3v) is 3.36. The Hall–Kier alpha value is -1.85. The second kappa shape index (κ2) is 5.87. The third-order valence-electron chi connectivity index (χ3n) is 3.36. The van der Waals surface area contributed by atoms with E-state index in [0.29, 0.717) is 19.5 Å². The number of hydrogen-bond acceptors (Lipinski definition) is 4. The Bertz CT molecular complexity index is 531. The van der Waals surface area contributed by atoms with E-state index in [9.17, 15) is 9.59 Å². The number of carbonyl (C=O) groups excluding carboxylic acids is 2. The molecule has 1 aromatic rings. The molecule has 0 spiro atoms. The first kappa shape index (κ1) is 15.5. The highest BCUT2D eigenvalue weighted by atomic mass is 16.5. The maximum atomic E-state index is 12.1. The predicted molar refractivity (Wildman–Crippen MR) is 77.8 cm³/mol. The van der Waals surface area contributed by atoms with Gasteiger partial charge >= 0.3 is 0 Å². The maximum Gasteiger partial charge on any atom is 0.290 e. The van der Waals surface area contributed by atoms with E-state index in [4.69, 9.17) is 4.52 Å². The normalized spacial score (nSPS) is 19.1. The number of carbonyl (C=O) groups is 2. The molecule has 21 heavy (non-hydrogen) atoms. The fourth-order valence-corrected chi connectivity index (χ4v) is 2.44. The van der Waals surface area contributed by atoms with Crippen LogP contribution in [0.2, 0.25) is 0 Å². The predicted octanol–water partition coefficient (Wildman–Crippen LogP) is 1.61. The molecule has 0 aliphatic carbocycles. The number of hydrogen-bond donors (Lipinski definition) is 1. The van der Waals surface area contributed by atoms with Crippen molar-refractivity contribution >= 4 is 11.8 Å². The summed E-state index contributed by atoms with van der Waals surface area (Å²) in [6.45, 7) is 9.46. The summed E-state index contributed by atoms with van der Waals surface area (Å²) < 4.78 is 5.00. The Kier molecular flexibility index (Phi) is 4.34. The van der Waals surface area contributed by atoms with Gasteiger partial charge in [0.1, 0.15) is 0 Å². The highest BCUT2D eigenvalue weighted by molar-refractivity contribution is 5.92. The summed E-state index contributed by atoms with van der Waals surface area (Å²) in [6.07, 6.45) is 1.06. The van der Waals surface area contributed by atoms with Crippen LogP contribution in [0, 0.1) is 5.41 Å². The van der Waals surface area contributed by atoms with Crippen molar-refractivity contribution < 1.29 is 14.1 Å². The Balaban J connectivity index is 1.92. The SMILES string of the molecule is CCc1cc(C(=O)N[C@H]2CC(=O)N(CC(C)(C)C)C2)on1. The summed E-state index contributed by atoms with van der Waals surface area (Å²) >= 11 is 0. The Labute approximate surface area is 124 Å². The smallest absolute Gasteiger partial charge is 0.290 e. The number of likely N-dealkylation sites (tertiary alicyclic amines) is 1. The summed E-state index contributed by atoms with van der Waals surface area (Å²) in [5.41, 5.74) is 0.798. The minimum Gasteiger partial charge on any atom is -0.351 e. The molecule has 6 heteroatoms. The zero-order chi connectivity index (χ0) is 15.6. The standard InChI is InChI=1S/C15H23N3O3/c1-5-10-6-12(21-17-10)14(20)16-11-7-13(19)18(8-11)9-15(2,3)4/h6,11H,5,7-9H2,1-4H3,(H,16,20)/t11-/m0/s1. The molecule has 0 unspecified atom stereocenters. The number of amides is 2. The molecule has 1 aromatic heterocycles.